The van der Waals surface area contributed by atoms with Crippen LogP contribution < -0.4 is 5.32 Å². The Bertz CT molecular complexity index is 1100. The molecule has 0 aromatic heterocycles. The number of oxime groups is 1. The number of ether oxygens (including phenoxy) is 1. The number of esters is 1. The molecule has 0 unspecified atom stereocenters. The molecule has 1 aromatic rings. The van der Waals surface area contributed by atoms with Gasteiger partial charge in [0, 0.05) is 6.42 Å². The van der Waals surface area contributed by atoms with Crippen LogP contribution in [0.3, 0.4) is 0 Å². The van der Waals surface area contributed by atoms with Crippen molar-refractivity contribution in [2.75, 3.05) is 13.7 Å². The van der Waals surface area contributed by atoms with E-state index in [0.717, 1.165) is 43.4 Å². The number of carbonyl (C=O) groups is 2. The average molecular weight is 523 g/mol. The van der Waals surface area contributed by atoms with Crippen LogP contribution in [0.2, 0.25) is 0 Å². The van der Waals surface area contributed by atoms with Crippen molar-refractivity contribution in [2.45, 2.75) is 83.8 Å². The first-order valence-corrected chi connectivity index (χ1v) is 14.2. The van der Waals surface area contributed by atoms with E-state index in [-0.39, 0.29) is 23.5 Å². The van der Waals surface area contributed by atoms with Gasteiger partial charge in [-0.05, 0) is 91.6 Å². The minimum atomic E-state index is -0.780. The molecule has 0 heterocycles. The minimum Gasteiger partial charge on any atom is -0.467 e. The van der Waals surface area contributed by atoms with E-state index in [1.54, 1.807) is 0 Å². The molecule has 1 amide bonds. The summed E-state index contributed by atoms with van der Waals surface area (Å²) < 4.78 is 4.87. The smallest absolute Gasteiger partial charge is 0.328 e. The molecule has 38 heavy (non-hydrogen) atoms. The van der Waals surface area contributed by atoms with E-state index in [0.29, 0.717) is 24.2 Å². The highest BCUT2D eigenvalue weighted by atomic mass is 16.6. The predicted molar refractivity (Wildman–Crippen MR) is 145 cm³/mol. The predicted octanol–water partition coefficient (Wildman–Crippen LogP) is 4.58. The summed E-state index contributed by atoms with van der Waals surface area (Å²) in [4.78, 5) is 30.2. The Labute approximate surface area is 226 Å². The molecule has 3 fully saturated rings. The summed E-state index contributed by atoms with van der Waals surface area (Å²) in [5.74, 6) is 1.11. The average Bonchev–Trinajstić information content (AvgIpc) is 3.22. The van der Waals surface area contributed by atoms with Gasteiger partial charge in [0.25, 0.3) is 5.91 Å². The highest BCUT2D eigenvalue weighted by Gasteiger charge is 2.58. The maximum Gasteiger partial charge on any atom is 0.328 e. The summed E-state index contributed by atoms with van der Waals surface area (Å²) >= 11 is 0. The van der Waals surface area contributed by atoms with E-state index in [1.165, 1.54) is 31.9 Å². The highest BCUT2D eigenvalue weighted by Crippen LogP contribution is 2.65. The molecule has 5 rings (SSSR count). The van der Waals surface area contributed by atoms with E-state index < -0.39 is 17.9 Å². The third-order valence-electron chi connectivity index (χ3n) is 10.4. The molecule has 7 atom stereocenters. The number of amides is 1. The topological polar surface area (TPSA) is 97.2 Å². The number of methoxy groups -OCH3 is 1. The molecule has 1 aromatic carbocycles. The van der Waals surface area contributed by atoms with Gasteiger partial charge in [-0.15, -0.1) is 0 Å². The van der Waals surface area contributed by atoms with E-state index in [4.69, 9.17) is 9.57 Å². The van der Waals surface area contributed by atoms with Crippen LogP contribution in [-0.4, -0.2) is 48.6 Å². The summed E-state index contributed by atoms with van der Waals surface area (Å²) in [6.07, 6.45) is 11.0. The standard InChI is InChI=1S/C31H42N2O5/c1-30-15-13-22(18-21(30)9-10-23-24-11-12-27(34)31(24,2)16-14-25(23)30)33-38-19-28(35)32-26(29(36)37-3)17-20-7-5-4-6-8-20/h4-8,18,23-27,34H,9-17,19H2,1-3H3,(H,32,35)/b33-22+/t23-,24-,25-,26-,27+,30-,31-/m0/s1. The van der Waals surface area contributed by atoms with Gasteiger partial charge in [-0.1, -0.05) is 54.9 Å². The van der Waals surface area contributed by atoms with Gasteiger partial charge in [0.15, 0.2) is 6.61 Å². The van der Waals surface area contributed by atoms with Crippen LogP contribution in [0.4, 0.5) is 0 Å². The van der Waals surface area contributed by atoms with Crippen molar-refractivity contribution in [3.8, 4) is 0 Å². The number of aliphatic hydroxyl groups excluding tert-OH is 1. The summed E-state index contributed by atoms with van der Waals surface area (Å²) in [6.45, 7) is 4.52. The first-order chi connectivity index (χ1) is 18.2. The van der Waals surface area contributed by atoms with Crippen molar-refractivity contribution in [2.24, 2.45) is 33.7 Å². The molecule has 0 bridgehead atoms. The Balaban J connectivity index is 1.18. The lowest BCUT2D eigenvalue weighted by Gasteiger charge is -2.57. The lowest BCUT2D eigenvalue weighted by Crippen LogP contribution is -2.51. The monoisotopic (exact) mass is 522 g/mol. The Morgan fingerprint density at radius 1 is 1.08 bits per heavy atom. The summed E-state index contributed by atoms with van der Waals surface area (Å²) in [6, 6.07) is 8.73. The number of aliphatic hydroxyl groups is 1. The van der Waals surface area contributed by atoms with E-state index in [2.05, 4.69) is 30.4 Å². The first kappa shape index (κ1) is 26.9. The highest BCUT2D eigenvalue weighted by molar-refractivity contribution is 5.96. The fourth-order valence-electron chi connectivity index (χ4n) is 8.21. The molecule has 2 N–H and O–H groups in total. The lowest BCUT2D eigenvalue weighted by atomic mass is 9.47. The molecule has 0 saturated heterocycles. The van der Waals surface area contributed by atoms with Gasteiger partial charge in [0.1, 0.15) is 6.04 Å². The molecule has 7 nitrogen and oxygen atoms in total. The Morgan fingerprint density at radius 3 is 2.63 bits per heavy atom. The van der Waals surface area contributed by atoms with E-state index in [1.807, 2.05) is 30.3 Å². The van der Waals surface area contributed by atoms with Gasteiger partial charge in [0.05, 0.1) is 18.9 Å². The zero-order chi connectivity index (χ0) is 26.9. The second-order valence-corrected chi connectivity index (χ2v) is 12.3. The number of nitrogens with one attached hydrogen (secondary N) is 1. The maximum absolute atomic E-state index is 12.5. The second-order valence-electron chi connectivity index (χ2n) is 12.3. The van der Waals surface area contributed by atoms with Crippen LogP contribution in [0, 0.1) is 28.6 Å². The first-order valence-electron chi connectivity index (χ1n) is 14.2. The minimum absolute atomic E-state index is 0.0996. The number of allylic oxidation sites excluding steroid dienone is 2. The van der Waals surface area contributed by atoms with Crippen LogP contribution in [0.1, 0.15) is 70.8 Å². The van der Waals surface area contributed by atoms with Gasteiger partial charge >= 0.3 is 5.97 Å². The number of rotatable bonds is 7. The normalized spacial score (nSPS) is 35.8. The van der Waals surface area contributed by atoms with Crippen LogP contribution in [0.15, 0.2) is 47.1 Å². The molecule has 7 heteroatoms. The van der Waals surface area contributed by atoms with Crippen molar-refractivity contribution >= 4 is 17.6 Å². The van der Waals surface area contributed by atoms with E-state index >= 15 is 0 Å². The number of nitrogens with zero attached hydrogens (tertiary/aromatic N) is 1. The molecule has 4 aliphatic carbocycles. The van der Waals surface area contributed by atoms with Crippen LogP contribution >= 0.6 is 0 Å². The van der Waals surface area contributed by atoms with Gasteiger partial charge in [-0.3, -0.25) is 4.79 Å². The van der Waals surface area contributed by atoms with Crippen LogP contribution in [0.25, 0.3) is 0 Å². The van der Waals surface area contributed by atoms with Gasteiger partial charge in [-0.2, -0.15) is 0 Å². The molecular formula is C31H42N2O5. The molecular weight excluding hydrogens is 480 g/mol. The number of hydrogen-bond acceptors (Lipinski definition) is 6. The Kier molecular flexibility index (Phi) is 7.67. The number of benzene rings is 1. The van der Waals surface area contributed by atoms with Crippen molar-refractivity contribution < 1.29 is 24.3 Å². The SMILES string of the molecule is COC(=O)[C@H](Cc1ccccc1)NC(=O)CO/N=C1/C=C2CC[C@H]3[C@@H]4CC[C@@H](O)[C@@]4(C)CC[C@@H]3[C@@]2(C)CC1. The summed E-state index contributed by atoms with van der Waals surface area (Å²) in [7, 11) is 1.32. The number of carbonyl (C=O) groups excluding carboxylic acids is 2. The van der Waals surface area contributed by atoms with Crippen LogP contribution in [0.5, 0.6) is 0 Å². The Morgan fingerprint density at radius 2 is 1.87 bits per heavy atom. The number of hydrogen-bond donors (Lipinski definition) is 2. The van der Waals surface area contributed by atoms with Crippen LogP contribution in [-0.2, 0) is 25.6 Å². The molecule has 3 saturated carbocycles. The van der Waals surface area contributed by atoms with Crippen molar-refractivity contribution in [3.05, 3.63) is 47.5 Å². The fourth-order valence-corrected chi connectivity index (χ4v) is 8.21. The van der Waals surface area contributed by atoms with E-state index in [9.17, 15) is 14.7 Å². The summed E-state index contributed by atoms with van der Waals surface area (Å²) in [5, 5.41) is 17.7. The molecule has 0 radical (unpaired) electrons. The molecule has 0 spiro atoms. The second kappa shape index (κ2) is 10.8. The van der Waals surface area contributed by atoms with Crippen molar-refractivity contribution in [1.82, 2.24) is 5.32 Å². The largest absolute Gasteiger partial charge is 0.467 e. The molecule has 0 aliphatic heterocycles. The fraction of sp³-hybridized carbons (Fsp3) is 0.645. The third kappa shape index (κ3) is 5.02. The third-order valence-corrected chi connectivity index (χ3v) is 10.4. The Hall–Kier alpha value is -2.67. The van der Waals surface area contributed by atoms with Crippen molar-refractivity contribution in [3.63, 3.8) is 0 Å². The summed E-state index contributed by atoms with van der Waals surface area (Å²) in [5.41, 5.74) is 3.56. The van der Waals surface area contributed by atoms with Gasteiger partial charge in [0.2, 0.25) is 0 Å². The number of fused-ring (bicyclic) bond motifs is 5. The quantitative estimate of drug-likeness (QED) is 0.404. The van der Waals surface area contributed by atoms with Gasteiger partial charge in [-0.25, -0.2) is 4.79 Å². The van der Waals surface area contributed by atoms with Crippen molar-refractivity contribution in [1.29, 1.82) is 0 Å². The lowest BCUT2D eigenvalue weighted by molar-refractivity contribution is -0.145. The van der Waals surface area contributed by atoms with Gasteiger partial charge < -0.3 is 20.0 Å². The molecule has 4 aliphatic rings. The zero-order valence-electron chi connectivity index (χ0n) is 22.9. The molecule has 206 valence electrons. The maximum atomic E-state index is 12.5. The zero-order valence-corrected chi connectivity index (χ0v) is 22.9.